The highest BCUT2D eigenvalue weighted by atomic mass is 15.2. The van der Waals surface area contributed by atoms with E-state index in [0.29, 0.717) is 12.0 Å². The molecule has 1 heterocycles. The Hall–Kier alpha value is -1.80. The van der Waals surface area contributed by atoms with Crippen LogP contribution in [0.4, 0.5) is 5.69 Å². The van der Waals surface area contributed by atoms with Crippen molar-refractivity contribution in [1.29, 1.82) is 0 Å². The minimum absolute atomic E-state index is 0.498. The van der Waals surface area contributed by atoms with E-state index in [1.807, 2.05) is 0 Å². The van der Waals surface area contributed by atoms with Gasteiger partial charge in [0, 0.05) is 37.3 Å². The number of anilines is 1. The van der Waals surface area contributed by atoms with Gasteiger partial charge in [0.25, 0.3) is 0 Å². The van der Waals surface area contributed by atoms with Crippen molar-refractivity contribution in [3.63, 3.8) is 0 Å². The number of aryl methyl sites for hydroxylation is 2. The molecule has 1 aliphatic rings. The molecular weight excluding hydrogens is 268 g/mol. The lowest BCUT2D eigenvalue weighted by atomic mass is 9.89. The number of hydrogen-bond donors (Lipinski definition) is 1. The SMILES string of the molecule is Cc1cc(C)cc(C(C)C2CNCCN2c2ccccc2)c1. The molecule has 116 valence electrons. The number of para-hydroxylation sites is 1. The molecule has 3 rings (SSSR count). The minimum Gasteiger partial charge on any atom is -0.365 e. The van der Waals surface area contributed by atoms with Crippen LogP contribution in [0, 0.1) is 13.8 Å². The van der Waals surface area contributed by atoms with E-state index in [2.05, 4.69) is 79.5 Å². The van der Waals surface area contributed by atoms with E-state index in [0.717, 1.165) is 19.6 Å². The van der Waals surface area contributed by atoms with Crippen molar-refractivity contribution in [2.24, 2.45) is 0 Å². The second kappa shape index (κ2) is 6.53. The summed E-state index contributed by atoms with van der Waals surface area (Å²) in [4.78, 5) is 2.57. The second-order valence-corrected chi connectivity index (χ2v) is 6.51. The predicted octanol–water partition coefficient (Wildman–Crippen LogP) is 3.89. The maximum Gasteiger partial charge on any atom is 0.0480 e. The molecule has 0 aromatic heterocycles. The van der Waals surface area contributed by atoms with Gasteiger partial charge in [0.1, 0.15) is 0 Å². The smallest absolute Gasteiger partial charge is 0.0480 e. The Labute approximate surface area is 134 Å². The Bertz CT molecular complexity index is 601. The van der Waals surface area contributed by atoms with Crippen LogP contribution >= 0.6 is 0 Å². The Morgan fingerprint density at radius 2 is 1.73 bits per heavy atom. The van der Waals surface area contributed by atoms with Crippen molar-refractivity contribution in [1.82, 2.24) is 5.32 Å². The average Bonchev–Trinajstić information content (AvgIpc) is 2.54. The molecule has 1 saturated heterocycles. The third-order valence-electron chi connectivity index (χ3n) is 4.72. The lowest BCUT2D eigenvalue weighted by Crippen LogP contribution is -2.53. The molecule has 2 aromatic rings. The Kier molecular flexibility index (Phi) is 4.49. The molecule has 2 nitrogen and oxygen atoms in total. The van der Waals surface area contributed by atoms with Gasteiger partial charge in [-0.2, -0.15) is 0 Å². The van der Waals surface area contributed by atoms with Crippen molar-refractivity contribution in [3.8, 4) is 0 Å². The van der Waals surface area contributed by atoms with Crippen molar-refractivity contribution in [2.45, 2.75) is 32.7 Å². The lowest BCUT2D eigenvalue weighted by Gasteiger charge is -2.41. The number of hydrogen-bond acceptors (Lipinski definition) is 2. The third kappa shape index (κ3) is 3.17. The van der Waals surface area contributed by atoms with Crippen LogP contribution in [0.15, 0.2) is 48.5 Å². The van der Waals surface area contributed by atoms with Crippen LogP contribution in [0.5, 0.6) is 0 Å². The zero-order valence-corrected chi connectivity index (χ0v) is 13.8. The summed E-state index contributed by atoms with van der Waals surface area (Å²) in [6.07, 6.45) is 0. The largest absolute Gasteiger partial charge is 0.365 e. The molecule has 1 fully saturated rings. The Morgan fingerprint density at radius 1 is 1.05 bits per heavy atom. The van der Waals surface area contributed by atoms with Gasteiger partial charge in [-0.1, -0.05) is 54.4 Å². The molecule has 2 aromatic carbocycles. The summed E-state index contributed by atoms with van der Waals surface area (Å²) in [5, 5.41) is 3.57. The zero-order chi connectivity index (χ0) is 15.5. The monoisotopic (exact) mass is 294 g/mol. The number of nitrogens with one attached hydrogen (secondary N) is 1. The van der Waals surface area contributed by atoms with E-state index in [-0.39, 0.29) is 0 Å². The van der Waals surface area contributed by atoms with Crippen LogP contribution in [0.2, 0.25) is 0 Å². The number of nitrogens with zero attached hydrogens (tertiary/aromatic N) is 1. The molecule has 0 bridgehead atoms. The maximum absolute atomic E-state index is 3.57. The molecule has 2 heteroatoms. The number of rotatable bonds is 3. The molecule has 0 aliphatic carbocycles. The van der Waals surface area contributed by atoms with Crippen molar-refractivity contribution in [2.75, 3.05) is 24.5 Å². The van der Waals surface area contributed by atoms with E-state index in [1.54, 1.807) is 0 Å². The van der Waals surface area contributed by atoms with Crippen LogP contribution < -0.4 is 10.2 Å². The molecule has 0 saturated carbocycles. The fourth-order valence-electron chi connectivity index (χ4n) is 3.61. The molecule has 0 radical (unpaired) electrons. The van der Waals surface area contributed by atoms with Gasteiger partial charge in [0.15, 0.2) is 0 Å². The maximum atomic E-state index is 3.57. The predicted molar refractivity (Wildman–Crippen MR) is 94.8 cm³/mol. The van der Waals surface area contributed by atoms with Gasteiger partial charge in [-0.15, -0.1) is 0 Å². The van der Waals surface area contributed by atoms with E-state index in [4.69, 9.17) is 0 Å². The highest BCUT2D eigenvalue weighted by molar-refractivity contribution is 5.49. The van der Waals surface area contributed by atoms with E-state index >= 15 is 0 Å². The van der Waals surface area contributed by atoms with Gasteiger partial charge in [0.2, 0.25) is 0 Å². The van der Waals surface area contributed by atoms with Gasteiger partial charge < -0.3 is 10.2 Å². The fraction of sp³-hybridized carbons (Fsp3) is 0.400. The van der Waals surface area contributed by atoms with Gasteiger partial charge in [0.05, 0.1) is 0 Å². The summed E-state index contributed by atoms with van der Waals surface area (Å²) >= 11 is 0. The van der Waals surface area contributed by atoms with Gasteiger partial charge >= 0.3 is 0 Å². The van der Waals surface area contributed by atoms with Gasteiger partial charge in [-0.25, -0.2) is 0 Å². The summed E-state index contributed by atoms with van der Waals surface area (Å²) < 4.78 is 0. The lowest BCUT2D eigenvalue weighted by molar-refractivity contribution is 0.430. The number of benzene rings is 2. The molecule has 1 N–H and O–H groups in total. The summed E-state index contributed by atoms with van der Waals surface area (Å²) in [6, 6.07) is 18.3. The van der Waals surface area contributed by atoms with Crippen molar-refractivity contribution >= 4 is 5.69 Å². The molecular formula is C20H26N2. The summed E-state index contributed by atoms with van der Waals surface area (Å²) in [5.41, 5.74) is 5.51. The van der Waals surface area contributed by atoms with Crippen molar-refractivity contribution in [3.05, 3.63) is 65.2 Å². The normalized spacial score (nSPS) is 20.0. The quantitative estimate of drug-likeness (QED) is 0.924. The Balaban J connectivity index is 1.90. The van der Waals surface area contributed by atoms with E-state index in [9.17, 15) is 0 Å². The van der Waals surface area contributed by atoms with E-state index in [1.165, 1.54) is 22.4 Å². The topological polar surface area (TPSA) is 15.3 Å². The van der Waals surface area contributed by atoms with Crippen LogP contribution in [0.1, 0.15) is 29.5 Å². The summed E-state index contributed by atoms with van der Waals surface area (Å²) in [5.74, 6) is 0.506. The molecule has 2 unspecified atom stereocenters. The van der Waals surface area contributed by atoms with Crippen molar-refractivity contribution < 1.29 is 0 Å². The molecule has 0 spiro atoms. The second-order valence-electron chi connectivity index (χ2n) is 6.51. The van der Waals surface area contributed by atoms with Crippen LogP contribution in [0.25, 0.3) is 0 Å². The first-order valence-corrected chi connectivity index (χ1v) is 8.26. The van der Waals surface area contributed by atoms with E-state index < -0.39 is 0 Å². The van der Waals surface area contributed by atoms with Crippen LogP contribution in [-0.2, 0) is 0 Å². The van der Waals surface area contributed by atoms with Crippen LogP contribution in [-0.4, -0.2) is 25.7 Å². The summed E-state index contributed by atoms with van der Waals surface area (Å²) in [7, 11) is 0. The molecule has 0 amide bonds. The average molecular weight is 294 g/mol. The summed E-state index contributed by atoms with van der Waals surface area (Å²) in [6.45, 7) is 9.92. The first kappa shape index (κ1) is 15.1. The zero-order valence-electron chi connectivity index (χ0n) is 13.8. The standard InChI is InChI=1S/C20H26N2/c1-15-11-16(2)13-18(12-15)17(3)20-14-21-9-10-22(20)19-7-5-4-6-8-19/h4-8,11-13,17,20-21H,9-10,14H2,1-3H3. The fourth-order valence-corrected chi connectivity index (χ4v) is 3.61. The highest BCUT2D eigenvalue weighted by Crippen LogP contribution is 2.29. The van der Waals surface area contributed by atoms with Gasteiger partial charge in [-0.3, -0.25) is 0 Å². The molecule has 2 atom stereocenters. The van der Waals surface area contributed by atoms with Gasteiger partial charge in [-0.05, 0) is 31.5 Å². The first-order valence-electron chi connectivity index (χ1n) is 8.26. The first-order chi connectivity index (χ1) is 10.6. The molecule has 1 aliphatic heterocycles. The Morgan fingerprint density at radius 3 is 2.41 bits per heavy atom. The third-order valence-corrected chi connectivity index (χ3v) is 4.72. The van der Waals surface area contributed by atoms with Crippen LogP contribution in [0.3, 0.4) is 0 Å². The minimum atomic E-state index is 0.498. The molecule has 22 heavy (non-hydrogen) atoms. The highest BCUT2D eigenvalue weighted by Gasteiger charge is 2.28. The number of piperazine rings is 1.